The molecule has 0 aliphatic carbocycles. The molecule has 2 aromatic carbocycles. The number of halogens is 3. The number of aromatic nitrogens is 4. The Hall–Kier alpha value is -2.32. The number of hydrogen-bond donors (Lipinski definition) is 1. The lowest BCUT2D eigenvalue weighted by Crippen LogP contribution is -2.15. The highest BCUT2D eigenvalue weighted by molar-refractivity contribution is 8.00. The monoisotopic (exact) mass is 463 g/mol. The molecule has 6 nitrogen and oxygen atoms in total. The van der Waals surface area contributed by atoms with Crippen LogP contribution < -0.4 is 5.32 Å². The summed E-state index contributed by atoms with van der Waals surface area (Å²) < 4.78 is 1.73. The summed E-state index contributed by atoms with van der Waals surface area (Å²) in [4.78, 5) is 21.0. The Bertz CT molecular complexity index is 1180. The van der Waals surface area contributed by atoms with Crippen molar-refractivity contribution in [2.75, 3.05) is 11.1 Å². The van der Waals surface area contributed by atoms with E-state index in [1.165, 1.54) is 30.2 Å². The average molecular weight is 465 g/mol. The average Bonchev–Trinajstić information content (AvgIpc) is 3.14. The number of fused-ring (bicyclic) bond motifs is 1. The van der Waals surface area contributed by atoms with Crippen molar-refractivity contribution in [1.29, 1.82) is 0 Å². The summed E-state index contributed by atoms with van der Waals surface area (Å²) in [6.07, 6.45) is 3.14. The van der Waals surface area contributed by atoms with E-state index in [4.69, 9.17) is 34.8 Å². The van der Waals surface area contributed by atoms with Crippen LogP contribution in [-0.2, 0) is 4.79 Å². The quantitative estimate of drug-likeness (QED) is 0.311. The number of nitrogens with one attached hydrogen (secondary N) is 1. The molecular weight excluding hydrogens is 453 g/mol. The fourth-order valence-corrected chi connectivity index (χ4v) is 4.34. The number of carbonyl (C=O) groups is 1. The van der Waals surface area contributed by atoms with Gasteiger partial charge < -0.3 is 5.32 Å². The van der Waals surface area contributed by atoms with Gasteiger partial charge in [-0.15, -0.1) is 0 Å². The van der Waals surface area contributed by atoms with E-state index in [-0.39, 0.29) is 21.7 Å². The van der Waals surface area contributed by atoms with Crippen LogP contribution in [0.15, 0.2) is 60.0 Å². The summed E-state index contributed by atoms with van der Waals surface area (Å²) in [5.41, 5.74) is 1.88. The summed E-state index contributed by atoms with van der Waals surface area (Å²) >= 11 is 19.4. The Morgan fingerprint density at radius 1 is 1.07 bits per heavy atom. The van der Waals surface area contributed by atoms with E-state index < -0.39 is 0 Å². The zero-order valence-electron chi connectivity index (χ0n) is 14.6. The predicted octanol–water partition coefficient (Wildman–Crippen LogP) is 5.51. The van der Waals surface area contributed by atoms with E-state index in [1.54, 1.807) is 10.9 Å². The SMILES string of the molecule is O=C(CSc1ncnc2c1cnn2-c1ccccc1)Nc1c(Cl)cc(Cl)cc1Cl. The zero-order chi connectivity index (χ0) is 20.4. The molecule has 4 aromatic rings. The van der Waals surface area contributed by atoms with Gasteiger partial charge in [0.15, 0.2) is 5.65 Å². The van der Waals surface area contributed by atoms with Crippen LogP contribution in [0.2, 0.25) is 15.1 Å². The van der Waals surface area contributed by atoms with Crippen LogP contribution >= 0.6 is 46.6 Å². The van der Waals surface area contributed by atoms with E-state index >= 15 is 0 Å². The van der Waals surface area contributed by atoms with E-state index in [0.717, 1.165) is 11.1 Å². The first-order valence-electron chi connectivity index (χ1n) is 8.34. The summed E-state index contributed by atoms with van der Waals surface area (Å²) in [7, 11) is 0. The number of hydrogen-bond acceptors (Lipinski definition) is 5. The molecule has 0 unspecified atom stereocenters. The first-order valence-corrected chi connectivity index (χ1v) is 10.5. The smallest absolute Gasteiger partial charge is 0.234 e. The van der Waals surface area contributed by atoms with Crippen molar-refractivity contribution in [2.45, 2.75) is 5.03 Å². The Morgan fingerprint density at radius 3 is 2.52 bits per heavy atom. The fourth-order valence-electron chi connectivity index (χ4n) is 2.67. The molecule has 29 heavy (non-hydrogen) atoms. The minimum absolute atomic E-state index is 0.109. The maximum atomic E-state index is 12.4. The molecule has 1 amide bonds. The number of carbonyl (C=O) groups excluding carboxylic acids is 1. The van der Waals surface area contributed by atoms with Crippen LogP contribution in [0.5, 0.6) is 0 Å². The summed E-state index contributed by atoms with van der Waals surface area (Å²) in [6.45, 7) is 0. The molecule has 0 aliphatic heterocycles. The number of thioether (sulfide) groups is 1. The van der Waals surface area contributed by atoms with Crippen LogP contribution in [0.3, 0.4) is 0 Å². The maximum Gasteiger partial charge on any atom is 0.234 e. The predicted molar refractivity (Wildman–Crippen MR) is 117 cm³/mol. The highest BCUT2D eigenvalue weighted by atomic mass is 35.5. The lowest BCUT2D eigenvalue weighted by atomic mass is 10.3. The lowest BCUT2D eigenvalue weighted by molar-refractivity contribution is -0.113. The van der Waals surface area contributed by atoms with Crippen molar-refractivity contribution >= 4 is 69.2 Å². The standard InChI is InChI=1S/C19H12Cl3N5OS/c20-11-6-14(21)17(15(22)7-11)26-16(28)9-29-19-13-8-25-27(18(13)23-10-24-19)12-4-2-1-3-5-12/h1-8,10H,9H2,(H,26,28). The minimum Gasteiger partial charge on any atom is -0.323 e. The van der Waals surface area contributed by atoms with Gasteiger partial charge in [-0.2, -0.15) is 5.10 Å². The Morgan fingerprint density at radius 2 is 1.79 bits per heavy atom. The fraction of sp³-hybridized carbons (Fsp3) is 0.0526. The molecule has 146 valence electrons. The third-order valence-corrected chi connectivity index (χ3v) is 5.76. The lowest BCUT2D eigenvalue weighted by Gasteiger charge is -2.09. The minimum atomic E-state index is -0.275. The van der Waals surface area contributed by atoms with Gasteiger partial charge in [0.05, 0.1) is 38.8 Å². The van der Waals surface area contributed by atoms with Crippen LogP contribution in [0, 0.1) is 0 Å². The van der Waals surface area contributed by atoms with Gasteiger partial charge >= 0.3 is 0 Å². The molecule has 0 radical (unpaired) electrons. The van der Waals surface area contributed by atoms with E-state index in [1.807, 2.05) is 30.3 Å². The number of para-hydroxylation sites is 1. The van der Waals surface area contributed by atoms with Gasteiger partial charge in [0.2, 0.25) is 5.91 Å². The summed E-state index contributed by atoms with van der Waals surface area (Å²) in [6, 6.07) is 12.7. The van der Waals surface area contributed by atoms with Gasteiger partial charge in [0.1, 0.15) is 11.4 Å². The molecule has 10 heteroatoms. The first-order chi connectivity index (χ1) is 14.0. The van der Waals surface area contributed by atoms with Gasteiger partial charge in [-0.05, 0) is 24.3 Å². The molecule has 2 aromatic heterocycles. The van der Waals surface area contributed by atoms with Gasteiger partial charge in [-0.25, -0.2) is 14.6 Å². The van der Waals surface area contributed by atoms with Crippen LogP contribution in [0.25, 0.3) is 16.7 Å². The third kappa shape index (κ3) is 4.33. The molecule has 1 N–H and O–H groups in total. The van der Waals surface area contributed by atoms with Crippen molar-refractivity contribution in [3.8, 4) is 5.69 Å². The number of amides is 1. The van der Waals surface area contributed by atoms with E-state index in [0.29, 0.717) is 21.4 Å². The van der Waals surface area contributed by atoms with Crippen LogP contribution in [-0.4, -0.2) is 31.4 Å². The van der Waals surface area contributed by atoms with Gasteiger partial charge in [-0.1, -0.05) is 64.8 Å². The molecule has 0 fully saturated rings. The maximum absolute atomic E-state index is 12.4. The number of anilines is 1. The molecular formula is C19H12Cl3N5OS. The Kier molecular flexibility index (Phi) is 5.91. The molecule has 4 rings (SSSR count). The van der Waals surface area contributed by atoms with Gasteiger partial charge in [0, 0.05) is 5.02 Å². The Balaban J connectivity index is 1.52. The normalized spacial score (nSPS) is 11.0. The summed E-state index contributed by atoms with van der Waals surface area (Å²) in [5.74, 6) is -0.166. The second-order valence-corrected chi connectivity index (χ2v) is 8.10. The molecule has 0 saturated carbocycles. The molecule has 0 atom stereocenters. The number of nitrogens with zero attached hydrogens (tertiary/aromatic N) is 4. The molecule has 0 aliphatic rings. The van der Waals surface area contributed by atoms with E-state index in [2.05, 4.69) is 20.4 Å². The van der Waals surface area contributed by atoms with E-state index in [9.17, 15) is 4.79 Å². The molecule has 0 saturated heterocycles. The summed E-state index contributed by atoms with van der Waals surface area (Å²) in [5, 5.41) is 9.47. The topological polar surface area (TPSA) is 72.7 Å². The number of benzene rings is 2. The van der Waals surface area contributed by atoms with Crippen LogP contribution in [0.4, 0.5) is 5.69 Å². The van der Waals surface area contributed by atoms with Crippen molar-refractivity contribution < 1.29 is 4.79 Å². The Labute approximate surface area is 185 Å². The molecule has 0 bridgehead atoms. The van der Waals surface area contributed by atoms with Crippen molar-refractivity contribution in [3.05, 3.63) is 70.1 Å². The molecule has 2 heterocycles. The first kappa shape index (κ1) is 20.0. The van der Waals surface area contributed by atoms with Crippen molar-refractivity contribution in [2.24, 2.45) is 0 Å². The second kappa shape index (κ2) is 8.59. The van der Waals surface area contributed by atoms with Crippen LogP contribution in [0.1, 0.15) is 0 Å². The van der Waals surface area contributed by atoms with Crippen molar-refractivity contribution in [3.63, 3.8) is 0 Å². The van der Waals surface area contributed by atoms with Gasteiger partial charge in [0.25, 0.3) is 0 Å². The highest BCUT2D eigenvalue weighted by Gasteiger charge is 2.15. The highest BCUT2D eigenvalue weighted by Crippen LogP contribution is 2.34. The number of rotatable bonds is 5. The zero-order valence-corrected chi connectivity index (χ0v) is 17.7. The third-order valence-electron chi connectivity index (χ3n) is 3.94. The largest absolute Gasteiger partial charge is 0.323 e. The molecule has 0 spiro atoms. The second-order valence-electron chi connectivity index (χ2n) is 5.89. The van der Waals surface area contributed by atoms with Gasteiger partial charge in [-0.3, -0.25) is 4.79 Å². The van der Waals surface area contributed by atoms with Crippen molar-refractivity contribution in [1.82, 2.24) is 19.7 Å².